The van der Waals surface area contributed by atoms with Gasteiger partial charge in [0.05, 0.1) is 13.2 Å². The molecule has 0 aliphatic carbocycles. The Kier molecular flexibility index (Phi) is 6.59. The van der Waals surface area contributed by atoms with Gasteiger partial charge in [-0.1, -0.05) is 44.2 Å². The Balaban J connectivity index is 1.87. The number of nitrogens with zero attached hydrogens (tertiary/aromatic N) is 1. The molecule has 23 heavy (non-hydrogen) atoms. The molecule has 2 amide bonds. The molecule has 1 aliphatic rings. The van der Waals surface area contributed by atoms with Gasteiger partial charge < -0.3 is 15.0 Å². The molecule has 0 saturated carbocycles. The number of rotatable bonds is 6. The van der Waals surface area contributed by atoms with E-state index in [2.05, 4.69) is 5.32 Å². The Labute approximate surface area is 138 Å². The molecule has 0 unspecified atom stereocenters. The van der Waals surface area contributed by atoms with Gasteiger partial charge in [0.1, 0.15) is 6.04 Å². The van der Waals surface area contributed by atoms with E-state index >= 15 is 0 Å². The fourth-order valence-corrected chi connectivity index (χ4v) is 2.64. The quantitative estimate of drug-likeness (QED) is 0.867. The van der Waals surface area contributed by atoms with Crippen LogP contribution in [0.5, 0.6) is 0 Å². The van der Waals surface area contributed by atoms with Crippen LogP contribution in [0, 0.1) is 5.92 Å². The second-order valence-corrected chi connectivity index (χ2v) is 6.21. The van der Waals surface area contributed by atoms with E-state index in [-0.39, 0.29) is 17.7 Å². The summed E-state index contributed by atoms with van der Waals surface area (Å²) in [4.78, 5) is 26.6. The van der Waals surface area contributed by atoms with Gasteiger partial charge in [-0.05, 0) is 17.9 Å². The summed E-state index contributed by atoms with van der Waals surface area (Å²) in [5.41, 5.74) is 1.13. The summed E-state index contributed by atoms with van der Waals surface area (Å²) in [5, 5.41) is 2.91. The Hall–Kier alpha value is -1.88. The molecule has 2 rings (SSSR count). The zero-order valence-electron chi connectivity index (χ0n) is 14.0. The maximum Gasteiger partial charge on any atom is 0.245 e. The Bertz CT molecular complexity index is 510. The van der Waals surface area contributed by atoms with Gasteiger partial charge in [-0.25, -0.2) is 0 Å². The van der Waals surface area contributed by atoms with Crippen molar-refractivity contribution in [3.8, 4) is 0 Å². The number of amides is 2. The van der Waals surface area contributed by atoms with Gasteiger partial charge in [-0.3, -0.25) is 9.59 Å². The lowest BCUT2D eigenvalue weighted by Gasteiger charge is -2.32. The van der Waals surface area contributed by atoms with Gasteiger partial charge in [0.25, 0.3) is 0 Å². The molecule has 1 aromatic rings. The molecule has 126 valence electrons. The maximum atomic E-state index is 12.6. The molecule has 1 N–H and O–H groups in total. The number of aryl methyl sites for hydroxylation is 1. The molecule has 0 radical (unpaired) electrons. The monoisotopic (exact) mass is 318 g/mol. The molecule has 1 fully saturated rings. The van der Waals surface area contributed by atoms with Crippen molar-refractivity contribution in [1.29, 1.82) is 0 Å². The second-order valence-electron chi connectivity index (χ2n) is 6.21. The summed E-state index contributed by atoms with van der Waals surface area (Å²) in [6.07, 6.45) is 1.08. The number of ether oxygens (including phenoxy) is 1. The Morgan fingerprint density at radius 3 is 2.43 bits per heavy atom. The summed E-state index contributed by atoms with van der Waals surface area (Å²) < 4.78 is 5.28. The van der Waals surface area contributed by atoms with Crippen molar-refractivity contribution in [2.24, 2.45) is 5.92 Å². The van der Waals surface area contributed by atoms with E-state index in [1.54, 1.807) is 4.90 Å². The van der Waals surface area contributed by atoms with Gasteiger partial charge in [-0.2, -0.15) is 0 Å². The molecule has 1 heterocycles. The largest absolute Gasteiger partial charge is 0.378 e. The van der Waals surface area contributed by atoms with E-state index in [0.717, 1.165) is 5.56 Å². The standard InChI is InChI=1S/C18H26N2O3/c1-14(2)17(18(22)20-10-12-23-13-11-20)19-16(21)9-8-15-6-4-3-5-7-15/h3-7,14,17H,8-13H2,1-2H3,(H,19,21)/t17-/m0/s1. The van der Waals surface area contributed by atoms with Crippen LogP contribution in [0.1, 0.15) is 25.8 Å². The topological polar surface area (TPSA) is 58.6 Å². The summed E-state index contributed by atoms with van der Waals surface area (Å²) in [6.45, 7) is 6.25. The average Bonchev–Trinajstić information content (AvgIpc) is 2.58. The molecule has 1 aromatic carbocycles. The number of benzene rings is 1. The molecule has 5 heteroatoms. The predicted octanol–water partition coefficient (Wildman–Crippen LogP) is 1.62. The number of carbonyl (C=O) groups excluding carboxylic acids is 2. The second kappa shape index (κ2) is 8.67. The normalized spacial score (nSPS) is 16.2. The first-order chi connectivity index (χ1) is 11.1. The van der Waals surface area contributed by atoms with Gasteiger partial charge in [0, 0.05) is 19.5 Å². The van der Waals surface area contributed by atoms with E-state index in [1.807, 2.05) is 44.2 Å². The van der Waals surface area contributed by atoms with E-state index in [0.29, 0.717) is 39.1 Å². The maximum absolute atomic E-state index is 12.6. The lowest BCUT2D eigenvalue weighted by atomic mass is 10.0. The van der Waals surface area contributed by atoms with Crippen molar-refractivity contribution in [3.63, 3.8) is 0 Å². The third-order valence-corrected chi connectivity index (χ3v) is 4.06. The molecular formula is C18H26N2O3. The van der Waals surface area contributed by atoms with Crippen LogP contribution in [-0.4, -0.2) is 49.1 Å². The highest BCUT2D eigenvalue weighted by atomic mass is 16.5. The highest BCUT2D eigenvalue weighted by molar-refractivity contribution is 5.88. The van der Waals surface area contributed by atoms with Crippen LogP contribution in [0.15, 0.2) is 30.3 Å². The zero-order chi connectivity index (χ0) is 16.7. The van der Waals surface area contributed by atoms with Crippen LogP contribution < -0.4 is 5.32 Å². The molecule has 0 spiro atoms. The van der Waals surface area contributed by atoms with Crippen LogP contribution in [0.25, 0.3) is 0 Å². The van der Waals surface area contributed by atoms with Crippen LogP contribution in [0.2, 0.25) is 0 Å². The van der Waals surface area contributed by atoms with Crippen LogP contribution >= 0.6 is 0 Å². The van der Waals surface area contributed by atoms with Crippen molar-refractivity contribution in [3.05, 3.63) is 35.9 Å². The fourth-order valence-electron chi connectivity index (χ4n) is 2.64. The summed E-state index contributed by atoms with van der Waals surface area (Å²) in [5.74, 6) is -0.0171. The van der Waals surface area contributed by atoms with E-state index in [4.69, 9.17) is 4.74 Å². The van der Waals surface area contributed by atoms with Gasteiger partial charge >= 0.3 is 0 Å². The average molecular weight is 318 g/mol. The lowest BCUT2D eigenvalue weighted by molar-refractivity contribution is -0.141. The fraction of sp³-hybridized carbons (Fsp3) is 0.556. The Morgan fingerprint density at radius 2 is 1.83 bits per heavy atom. The SMILES string of the molecule is CC(C)[C@H](NC(=O)CCc1ccccc1)C(=O)N1CCOCC1. The summed E-state index contributed by atoms with van der Waals surface area (Å²) in [7, 11) is 0. The van der Waals surface area contributed by atoms with Crippen LogP contribution in [0.4, 0.5) is 0 Å². The number of carbonyl (C=O) groups is 2. The number of hydrogen-bond donors (Lipinski definition) is 1. The Morgan fingerprint density at radius 1 is 1.17 bits per heavy atom. The van der Waals surface area contributed by atoms with Gasteiger partial charge in [0.2, 0.25) is 11.8 Å². The number of morpholine rings is 1. The highest BCUT2D eigenvalue weighted by Crippen LogP contribution is 2.10. The van der Waals surface area contributed by atoms with Gasteiger partial charge in [0.15, 0.2) is 0 Å². The first-order valence-corrected chi connectivity index (χ1v) is 8.27. The predicted molar refractivity (Wildman–Crippen MR) is 88.9 cm³/mol. The number of nitrogens with one attached hydrogen (secondary N) is 1. The molecule has 1 aliphatic heterocycles. The van der Waals surface area contributed by atoms with Gasteiger partial charge in [-0.15, -0.1) is 0 Å². The van der Waals surface area contributed by atoms with Crippen molar-refractivity contribution in [2.75, 3.05) is 26.3 Å². The van der Waals surface area contributed by atoms with E-state index in [1.165, 1.54) is 0 Å². The highest BCUT2D eigenvalue weighted by Gasteiger charge is 2.29. The third-order valence-electron chi connectivity index (χ3n) is 4.06. The molecular weight excluding hydrogens is 292 g/mol. The van der Waals surface area contributed by atoms with Crippen molar-refractivity contribution in [2.45, 2.75) is 32.7 Å². The minimum Gasteiger partial charge on any atom is -0.378 e. The van der Waals surface area contributed by atoms with E-state index < -0.39 is 6.04 Å². The van der Waals surface area contributed by atoms with Crippen LogP contribution in [0.3, 0.4) is 0 Å². The first-order valence-electron chi connectivity index (χ1n) is 8.27. The molecule has 5 nitrogen and oxygen atoms in total. The van der Waals surface area contributed by atoms with Crippen molar-refractivity contribution in [1.82, 2.24) is 10.2 Å². The lowest BCUT2D eigenvalue weighted by Crippen LogP contribution is -2.53. The zero-order valence-corrected chi connectivity index (χ0v) is 14.0. The first kappa shape index (κ1) is 17.5. The smallest absolute Gasteiger partial charge is 0.245 e. The van der Waals surface area contributed by atoms with Crippen molar-refractivity contribution >= 4 is 11.8 Å². The molecule has 1 saturated heterocycles. The molecule has 0 bridgehead atoms. The number of hydrogen-bond acceptors (Lipinski definition) is 3. The summed E-state index contributed by atoms with van der Waals surface area (Å²) >= 11 is 0. The molecule has 1 atom stereocenters. The van der Waals surface area contributed by atoms with E-state index in [9.17, 15) is 9.59 Å². The third kappa shape index (κ3) is 5.36. The summed E-state index contributed by atoms with van der Waals surface area (Å²) in [6, 6.07) is 9.44. The molecule has 0 aromatic heterocycles. The van der Waals surface area contributed by atoms with Crippen molar-refractivity contribution < 1.29 is 14.3 Å². The minimum atomic E-state index is -0.462. The van der Waals surface area contributed by atoms with Crippen LogP contribution in [-0.2, 0) is 20.7 Å². The minimum absolute atomic E-state index is 0.00337.